The predicted molar refractivity (Wildman–Crippen MR) is 65.3 cm³/mol. The number of methoxy groups -OCH3 is 1. The molecule has 0 fully saturated rings. The van der Waals surface area contributed by atoms with Gasteiger partial charge >= 0.3 is 0 Å². The third-order valence-corrected chi connectivity index (χ3v) is 2.55. The zero-order valence-corrected chi connectivity index (χ0v) is 10.2. The number of benzene rings is 1. The second kappa shape index (κ2) is 5.29. The van der Waals surface area contributed by atoms with E-state index in [1.807, 2.05) is 6.07 Å². The van der Waals surface area contributed by atoms with Crippen LogP contribution >= 0.6 is 0 Å². The van der Waals surface area contributed by atoms with Gasteiger partial charge in [-0.1, -0.05) is 5.21 Å². The molecule has 1 aromatic heterocycles. The SMILES string of the molecule is COCc1c(C#N)nnn1-c1ccc(C(N)=O)cc1. The van der Waals surface area contributed by atoms with Crippen LogP contribution in [0.25, 0.3) is 5.69 Å². The predicted octanol–water partition coefficient (Wildman–Crippen LogP) is 0.384. The Morgan fingerprint density at radius 3 is 2.68 bits per heavy atom. The number of rotatable bonds is 4. The van der Waals surface area contributed by atoms with E-state index >= 15 is 0 Å². The van der Waals surface area contributed by atoms with E-state index < -0.39 is 5.91 Å². The van der Waals surface area contributed by atoms with Gasteiger partial charge in [0, 0.05) is 12.7 Å². The molecule has 19 heavy (non-hydrogen) atoms. The molecule has 0 spiro atoms. The summed E-state index contributed by atoms with van der Waals surface area (Å²) in [6.45, 7) is 0.216. The van der Waals surface area contributed by atoms with Crippen molar-refractivity contribution in [1.82, 2.24) is 15.0 Å². The van der Waals surface area contributed by atoms with Crippen LogP contribution in [0.15, 0.2) is 24.3 Å². The molecule has 96 valence electrons. The summed E-state index contributed by atoms with van der Waals surface area (Å²) in [5, 5.41) is 16.6. The Bertz CT molecular complexity index is 639. The number of aromatic nitrogens is 3. The lowest BCUT2D eigenvalue weighted by Crippen LogP contribution is -2.11. The summed E-state index contributed by atoms with van der Waals surface area (Å²) in [5.74, 6) is -0.500. The molecule has 1 aromatic carbocycles. The third-order valence-electron chi connectivity index (χ3n) is 2.55. The number of nitrogens with two attached hydrogens (primary N) is 1. The Hall–Kier alpha value is -2.72. The van der Waals surface area contributed by atoms with Crippen LogP contribution in [0.2, 0.25) is 0 Å². The highest BCUT2D eigenvalue weighted by atomic mass is 16.5. The van der Waals surface area contributed by atoms with E-state index in [2.05, 4.69) is 10.3 Å². The van der Waals surface area contributed by atoms with Gasteiger partial charge in [-0.05, 0) is 24.3 Å². The van der Waals surface area contributed by atoms with E-state index in [0.29, 0.717) is 16.9 Å². The van der Waals surface area contributed by atoms with Crippen LogP contribution in [-0.2, 0) is 11.3 Å². The lowest BCUT2D eigenvalue weighted by Gasteiger charge is -2.06. The molecule has 0 saturated heterocycles. The first kappa shape index (κ1) is 12.7. The molecule has 0 atom stereocenters. The van der Waals surface area contributed by atoms with E-state index in [1.165, 1.54) is 11.8 Å². The summed E-state index contributed by atoms with van der Waals surface area (Å²) >= 11 is 0. The zero-order chi connectivity index (χ0) is 13.8. The molecule has 0 aliphatic carbocycles. The molecular formula is C12H11N5O2. The van der Waals surface area contributed by atoms with Crippen LogP contribution in [0.3, 0.4) is 0 Å². The van der Waals surface area contributed by atoms with Gasteiger partial charge in [-0.25, -0.2) is 4.68 Å². The molecule has 7 heteroatoms. The Morgan fingerprint density at radius 2 is 2.16 bits per heavy atom. The molecule has 1 heterocycles. The molecule has 2 N–H and O–H groups in total. The second-order valence-corrected chi connectivity index (χ2v) is 3.75. The molecule has 0 aliphatic rings. The Kier molecular flexibility index (Phi) is 3.54. The Morgan fingerprint density at radius 1 is 1.47 bits per heavy atom. The van der Waals surface area contributed by atoms with Crippen LogP contribution in [0, 0.1) is 11.3 Å². The van der Waals surface area contributed by atoms with E-state index in [-0.39, 0.29) is 12.3 Å². The molecule has 0 radical (unpaired) electrons. The van der Waals surface area contributed by atoms with Crippen LogP contribution in [0.4, 0.5) is 0 Å². The Balaban J connectivity index is 2.44. The van der Waals surface area contributed by atoms with Crippen molar-refractivity contribution in [2.45, 2.75) is 6.61 Å². The number of carbonyl (C=O) groups excluding carboxylic acids is 1. The normalized spacial score (nSPS) is 10.1. The fourth-order valence-electron chi connectivity index (χ4n) is 1.63. The molecule has 0 bridgehead atoms. The smallest absolute Gasteiger partial charge is 0.248 e. The zero-order valence-electron chi connectivity index (χ0n) is 10.2. The number of hydrogen-bond acceptors (Lipinski definition) is 5. The van der Waals surface area contributed by atoms with Gasteiger partial charge in [0.05, 0.1) is 12.3 Å². The summed E-state index contributed by atoms with van der Waals surface area (Å²) < 4.78 is 6.52. The van der Waals surface area contributed by atoms with Crippen molar-refractivity contribution in [1.29, 1.82) is 5.26 Å². The average molecular weight is 257 g/mol. The van der Waals surface area contributed by atoms with E-state index in [9.17, 15) is 4.79 Å². The Labute approximate surface area is 109 Å². The molecule has 1 amide bonds. The number of ether oxygens (including phenoxy) is 1. The van der Waals surface area contributed by atoms with Gasteiger partial charge < -0.3 is 10.5 Å². The number of primary amides is 1. The minimum absolute atomic E-state index is 0.209. The first-order valence-corrected chi connectivity index (χ1v) is 5.41. The topological polar surface area (TPSA) is 107 Å². The number of amides is 1. The first-order chi connectivity index (χ1) is 9.17. The molecule has 7 nitrogen and oxygen atoms in total. The van der Waals surface area contributed by atoms with Gasteiger partial charge in [-0.2, -0.15) is 5.26 Å². The van der Waals surface area contributed by atoms with Crippen molar-refractivity contribution in [2.75, 3.05) is 7.11 Å². The highest BCUT2D eigenvalue weighted by Gasteiger charge is 2.13. The summed E-state index contributed by atoms with van der Waals surface area (Å²) in [7, 11) is 1.52. The average Bonchev–Trinajstić information content (AvgIpc) is 2.82. The fraction of sp³-hybridized carbons (Fsp3) is 0.167. The molecule has 0 saturated carbocycles. The monoisotopic (exact) mass is 257 g/mol. The van der Waals surface area contributed by atoms with Gasteiger partial charge in [-0.15, -0.1) is 5.10 Å². The molecule has 2 aromatic rings. The summed E-state index contributed by atoms with van der Waals surface area (Å²) in [6.07, 6.45) is 0. The molecule has 0 unspecified atom stereocenters. The van der Waals surface area contributed by atoms with Gasteiger partial charge in [-0.3, -0.25) is 4.79 Å². The maximum absolute atomic E-state index is 11.0. The quantitative estimate of drug-likeness (QED) is 0.852. The van der Waals surface area contributed by atoms with E-state index in [4.69, 9.17) is 15.7 Å². The maximum atomic E-state index is 11.0. The van der Waals surface area contributed by atoms with Crippen LogP contribution in [0.1, 0.15) is 21.7 Å². The first-order valence-electron chi connectivity index (χ1n) is 5.41. The van der Waals surface area contributed by atoms with Crippen LogP contribution < -0.4 is 5.73 Å². The number of carbonyl (C=O) groups is 1. The third kappa shape index (κ3) is 2.43. The van der Waals surface area contributed by atoms with Gasteiger partial charge in [0.2, 0.25) is 5.91 Å². The maximum Gasteiger partial charge on any atom is 0.248 e. The van der Waals surface area contributed by atoms with Crippen molar-refractivity contribution in [3.8, 4) is 11.8 Å². The van der Waals surface area contributed by atoms with Crippen molar-refractivity contribution in [3.05, 3.63) is 41.2 Å². The fourth-order valence-corrected chi connectivity index (χ4v) is 1.63. The largest absolute Gasteiger partial charge is 0.378 e. The highest BCUT2D eigenvalue weighted by Crippen LogP contribution is 2.14. The standard InChI is InChI=1S/C12H11N5O2/c1-19-7-11-10(6-13)15-16-17(11)9-4-2-8(3-5-9)12(14)18/h2-5H,7H2,1H3,(H2,14,18). The van der Waals surface area contributed by atoms with E-state index in [1.54, 1.807) is 24.3 Å². The number of nitrogens with zero attached hydrogens (tertiary/aromatic N) is 4. The van der Waals surface area contributed by atoms with Gasteiger partial charge in [0.25, 0.3) is 0 Å². The number of nitriles is 1. The van der Waals surface area contributed by atoms with Gasteiger partial charge in [0.15, 0.2) is 5.69 Å². The van der Waals surface area contributed by atoms with E-state index in [0.717, 1.165) is 0 Å². The van der Waals surface area contributed by atoms with Crippen molar-refractivity contribution >= 4 is 5.91 Å². The van der Waals surface area contributed by atoms with Crippen LogP contribution in [-0.4, -0.2) is 28.0 Å². The van der Waals surface area contributed by atoms with Crippen molar-refractivity contribution in [3.63, 3.8) is 0 Å². The summed E-state index contributed by atoms with van der Waals surface area (Å²) in [6, 6.07) is 8.47. The van der Waals surface area contributed by atoms with Crippen molar-refractivity contribution in [2.24, 2.45) is 5.73 Å². The molecule has 2 rings (SSSR count). The summed E-state index contributed by atoms with van der Waals surface area (Å²) in [4.78, 5) is 11.0. The molecular weight excluding hydrogens is 246 g/mol. The lowest BCUT2D eigenvalue weighted by molar-refractivity contribution is 0.100. The highest BCUT2D eigenvalue weighted by molar-refractivity contribution is 5.92. The number of hydrogen-bond donors (Lipinski definition) is 1. The van der Waals surface area contributed by atoms with Crippen LogP contribution in [0.5, 0.6) is 0 Å². The summed E-state index contributed by atoms with van der Waals surface area (Å²) in [5.41, 5.74) is 7.00. The lowest BCUT2D eigenvalue weighted by atomic mass is 10.2. The molecule has 0 aliphatic heterocycles. The van der Waals surface area contributed by atoms with Crippen molar-refractivity contribution < 1.29 is 9.53 Å². The second-order valence-electron chi connectivity index (χ2n) is 3.75. The van der Waals surface area contributed by atoms with Gasteiger partial charge in [0.1, 0.15) is 11.8 Å². The minimum atomic E-state index is -0.500. The minimum Gasteiger partial charge on any atom is -0.378 e.